The molecule has 0 aliphatic heterocycles. The third-order valence-electron chi connectivity index (χ3n) is 3.22. The number of carbonyl (C=O) groups is 1. The van der Waals surface area contributed by atoms with Crippen molar-refractivity contribution in [3.63, 3.8) is 0 Å². The molecule has 0 aliphatic carbocycles. The van der Waals surface area contributed by atoms with Gasteiger partial charge in [-0.05, 0) is 57.2 Å². The Morgan fingerprint density at radius 1 is 1.35 bits per heavy atom. The van der Waals surface area contributed by atoms with Gasteiger partial charge in [-0.15, -0.1) is 0 Å². The third kappa shape index (κ3) is 6.17. The number of hydrogen-bond donors (Lipinski definition) is 2. The minimum Gasteiger partial charge on any atom is -0.325 e. The van der Waals surface area contributed by atoms with Gasteiger partial charge in [-0.2, -0.15) is 0 Å². The number of rotatable bonds is 8. The van der Waals surface area contributed by atoms with Crippen molar-refractivity contribution >= 4 is 11.6 Å². The first-order chi connectivity index (χ1) is 9.52. The summed E-state index contributed by atoms with van der Waals surface area (Å²) in [4.78, 5) is 14.0. The zero-order chi connectivity index (χ0) is 15.0. The van der Waals surface area contributed by atoms with E-state index in [9.17, 15) is 4.79 Å². The SMILES string of the molecule is CNCCCN(C)CC(=O)Nc1cccc(C(C)C)c1. The van der Waals surface area contributed by atoms with E-state index < -0.39 is 0 Å². The first-order valence-electron chi connectivity index (χ1n) is 7.26. The van der Waals surface area contributed by atoms with Gasteiger partial charge in [0.15, 0.2) is 0 Å². The minimum absolute atomic E-state index is 0.0397. The van der Waals surface area contributed by atoms with Gasteiger partial charge in [0.2, 0.25) is 5.91 Å². The Balaban J connectivity index is 2.43. The molecule has 0 aliphatic rings. The quantitative estimate of drug-likeness (QED) is 0.717. The number of nitrogens with zero attached hydrogens (tertiary/aromatic N) is 1. The Morgan fingerprint density at radius 2 is 2.10 bits per heavy atom. The molecule has 0 fully saturated rings. The maximum absolute atomic E-state index is 12.0. The molecule has 2 N–H and O–H groups in total. The lowest BCUT2D eigenvalue weighted by molar-refractivity contribution is -0.117. The fourth-order valence-corrected chi connectivity index (χ4v) is 2.03. The highest BCUT2D eigenvalue weighted by atomic mass is 16.2. The lowest BCUT2D eigenvalue weighted by atomic mass is 10.0. The van der Waals surface area contributed by atoms with Crippen LogP contribution in [-0.2, 0) is 4.79 Å². The van der Waals surface area contributed by atoms with Crippen LogP contribution in [0.1, 0.15) is 31.7 Å². The fraction of sp³-hybridized carbons (Fsp3) is 0.562. The van der Waals surface area contributed by atoms with Crippen molar-refractivity contribution in [2.24, 2.45) is 0 Å². The van der Waals surface area contributed by atoms with Gasteiger partial charge in [-0.1, -0.05) is 26.0 Å². The second-order valence-electron chi connectivity index (χ2n) is 5.52. The van der Waals surface area contributed by atoms with Gasteiger partial charge in [0.25, 0.3) is 0 Å². The highest BCUT2D eigenvalue weighted by Gasteiger charge is 2.07. The van der Waals surface area contributed by atoms with E-state index in [2.05, 4.69) is 30.5 Å². The first kappa shape index (κ1) is 16.7. The molecule has 0 heterocycles. The summed E-state index contributed by atoms with van der Waals surface area (Å²) in [6, 6.07) is 8.06. The van der Waals surface area contributed by atoms with Crippen molar-refractivity contribution in [2.75, 3.05) is 39.0 Å². The molecular weight excluding hydrogens is 250 g/mol. The summed E-state index contributed by atoms with van der Waals surface area (Å²) in [6.07, 6.45) is 1.04. The number of amides is 1. The smallest absolute Gasteiger partial charge is 0.238 e. The molecule has 0 aromatic heterocycles. The van der Waals surface area contributed by atoms with Crippen LogP contribution in [-0.4, -0.2) is 44.5 Å². The molecule has 1 aromatic carbocycles. The summed E-state index contributed by atoms with van der Waals surface area (Å²) in [6.45, 7) is 6.62. The van der Waals surface area contributed by atoms with Crippen molar-refractivity contribution in [1.29, 1.82) is 0 Å². The molecule has 1 amide bonds. The van der Waals surface area contributed by atoms with Crippen LogP contribution in [0.25, 0.3) is 0 Å². The van der Waals surface area contributed by atoms with Crippen molar-refractivity contribution in [1.82, 2.24) is 10.2 Å². The molecule has 0 saturated carbocycles. The minimum atomic E-state index is 0.0397. The van der Waals surface area contributed by atoms with Gasteiger partial charge < -0.3 is 10.6 Å². The zero-order valence-corrected chi connectivity index (χ0v) is 13.1. The molecule has 0 atom stereocenters. The van der Waals surface area contributed by atoms with E-state index in [4.69, 9.17) is 0 Å². The monoisotopic (exact) mass is 277 g/mol. The average Bonchev–Trinajstić information content (AvgIpc) is 2.39. The second kappa shape index (κ2) is 8.72. The van der Waals surface area contributed by atoms with Gasteiger partial charge in [0, 0.05) is 5.69 Å². The molecule has 0 unspecified atom stereocenters. The fourth-order valence-electron chi connectivity index (χ4n) is 2.03. The molecule has 1 aromatic rings. The molecule has 4 heteroatoms. The summed E-state index contributed by atoms with van der Waals surface area (Å²) >= 11 is 0. The number of carbonyl (C=O) groups excluding carboxylic acids is 1. The van der Waals surface area contributed by atoms with Gasteiger partial charge >= 0.3 is 0 Å². The van der Waals surface area contributed by atoms with Crippen LogP contribution in [0.2, 0.25) is 0 Å². The Labute approximate surface area is 122 Å². The van der Waals surface area contributed by atoms with E-state index in [-0.39, 0.29) is 5.91 Å². The number of nitrogens with one attached hydrogen (secondary N) is 2. The maximum atomic E-state index is 12.0. The number of likely N-dealkylation sites (N-methyl/N-ethyl adjacent to an activating group) is 1. The average molecular weight is 277 g/mol. The molecule has 20 heavy (non-hydrogen) atoms. The molecule has 0 spiro atoms. The Hall–Kier alpha value is -1.39. The van der Waals surface area contributed by atoms with E-state index in [1.54, 1.807) is 0 Å². The van der Waals surface area contributed by atoms with Crippen molar-refractivity contribution in [2.45, 2.75) is 26.2 Å². The van der Waals surface area contributed by atoms with Gasteiger partial charge in [-0.3, -0.25) is 9.69 Å². The zero-order valence-electron chi connectivity index (χ0n) is 13.1. The second-order valence-corrected chi connectivity index (χ2v) is 5.52. The standard InChI is InChI=1S/C16H27N3O/c1-13(2)14-7-5-8-15(11-14)18-16(20)12-19(4)10-6-9-17-3/h5,7-8,11,13,17H,6,9-10,12H2,1-4H3,(H,18,20). The lowest BCUT2D eigenvalue weighted by Gasteiger charge is -2.16. The summed E-state index contributed by atoms with van der Waals surface area (Å²) < 4.78 is 0. The van der Waals surface area contributed by atoms with E-state index in [0.29, 0.717) is 12.5 Å². The van der Waals surface area contributed by atoms with Gasteiger partial charge in [0.05, 0.1) is 6.54 Å². The number of benzene rings is 1. The molecule has 4 nitrogen and oxygen atoms in total. The normalized spacial score (nSPS) is 11.1. The summed E-state index contributed by atoms with van der Waals surface area (Å²) in [7, 11) is 3.91. The van der Waals surface area contributed by atoms with Crippen LogP contribution < -0.4 is 10.6 Å². The van der Waals surface area contributed by atoms with Crippen LogP contribution in [0.4, 0.5) is 5.69 Å². The summed E-state index contributed by atoms with van der Waals surface area (Å²) in [5.41, 5.74) is 2.12. The maximum Gasteiger partial charge on any atom is 0.238 e. The highest BCUT2D eigenvalue weighted by molar-refractivity contribution is 5.92. The lowest BCUT2D eigenvalue weighted by Crippen LogP contribution is -2.31. The Bertz CT molecular complexity index is 418. The van der Waals surface area contributed by atoms with E-state index in [0.717, 1.165) is 25.2 Å². The van der Waals surface area contributed by atoms with Crippen molar-refractivity contribution in [3.05, 3.63) is 29.8 Å². The molecular formula is C16H27N3O. The van der Waals surface area contributed by atoms with Crippen LogP contribution in [0.15, 0.2) is 24.3 Å². The Morgan fingerprint density at radius 3 is 2.75 bits per heavy atom. The van der Waals surface area contributed by atoms with E-state index in [1.807, 2.05) is 37.2 Å². The van der Waals surface area contributed by atoms with Gasteiger partial charge in [0.1, 0.15) is 0 Å². The predicted octanol–water partition coefficient (Wildman–Crippen LogP) is 2.29. The Kier molecular flexibility index (Phi) is 7.26. The van der Waals surface area contributed by atoms with Crippen LogP contribution >= 0.6 is 0 Å². The summed E-state index contributed by atoms with van der Waals surface area (Å²) in [5.74, 6) is 0.508. The number of anilines is 1. The topological polar surface area (TPSA) is 44.4 Å². The van der Waals surface area contributed by atoms with Crippen LogP contribution in [0.5, 0.6) is 0 Å². The summed E-state index contributed by atoms with van der Waals surface area (Å²) in [5, 5.41) is 6.07. The molecule has 0 radical (unpaired) electrons. The largest absolute Gasteiger partial charge is 0.325 e. The molecule has 112 valence electrons. The van der Waals surface area contributed by atoms with Crippen LogP contribution in [0, 0.1) is 0 Å². The number of hydrogen-bond acceptors (Lipinski definition) is 3. The van der Waals surface area contributed by atoms with Crippen molar-refractivity contribution in [3.8, 4) is 0 Å². The predicted molar refractivity (Wildman–Crippen MR) is 85.2 cm³/mol. The molecule has 1 rings (SSSR count). The van der Waals surface area contributed by atoms with E-state index >= 15 is 0 Å². The van der Waals surface area contributed by atoms with Gasteiger partial charge in [-0.25, -0.2) is 0 Å². The molecule has 0 saturated heterocycles. The highest BCUT2D eigenvalue weighted by Crippen LogP contribution is 2.18. The van der Waals surface area contributed by atoms with Crippen LogP contribution in [0.3, 0.4) is 0 Å². The first-order valence-corrected chi connectivity index (χ1v) is 7.26. The van der Waals surface area contributed by atoms with Crippen molar-refractivity contribution < 1.29 is 4.79 Å². The molecule has 0 bridgehead atoms. The third-order valence-corrected chi connectivity index (χ3v) is 3.22. The van der Waals surface area contributed by atoms with E-state index in [1.165, 1.54) is 5.56 Å².